The molecule has 1 aliphatic rings. The number of imidazole rings is 1. The summed E-state index contributed by atoms with van der Waals surface area (Å²) in [6.07, 6.45) is 4.93. The molecular formula is C9H11N5. The quantitative estimate of drug-likeness (QED) is 0.663. The third kappa shape index (κ3) is 0.921. The number of nitrogens with zero attached hydrogens (tertiary/aromatic N) is 4. The summed E-state index contributed by atoms with van der Waals surface area (Å²) < 4.78 is 2.15. The number of aromatic nitrogens is 4. The van der Waals surface area contributed by atoms with Crippen molar-refractivity contribution >= 4 is 17.0 Å². The lowest BCUT2D eigenvalue weighted by molar-refractivity contribution is 0.530. The Bertz CT molecular complexity index is 487. The highest BCUT2D eigenvalue weighted by molar-refractivity contribution is 5.81. The highest BCUT2D eigenvalue weighted by atomic mass is 15.2. The normalized spacial score (nSPS) is 15.7. The fourth-order valence-corrected chi connectivity index (χ4v) is 1.98. The first-order valence-corrected chi connectivity index (χ1v) is 4.82. The molecule has 2 aromatic rings. The smallest absolute Gasteiger partial charge is 0.165 e. The summed E-state index contributed by atoms with van der Waals surface area (Å²) in [6, 6.07) is 0. The van der Waals surface area contributed by atoms with E-state index in [1.165, 1.54) is 19.2 Å². The third-order valence-electron chi connectivity index (χ3n) is 2.67. The van der Waals surface area contributed by atoms with Crippen LogP contribution in [0.3, 0.4) is 0 Å². The van der Waals surface area contributed by atoms with Crippen molar-refractivity contribution in [1.29, 1.82) is 0 Å². The molecule has 0 aliphatic carbocycles. The topological polar surface area (TPSA) is 69.6 Å². The van der Waals surface area contributed by atoms with E-state index in [-0.39, 0.29) is 0 Å². The zero-order chi connectivity index (χ0) is 9.54. The Morgan fingerprint density at radius 1 is 1.29 bits per heavy atom. The largest absolute Gasteiger partial charge is 0.382 e. The molecule has 5 nitrogen and oxygen atoms in total. The summed E-state index contributed by atoms with van der Waals surface area (Å²) in [5.41, 5.74) is 7.38. The van der Waals surface area contributed by atoms with Crippen molar-refractivity contribution in [1.82, 2.24) is 19.5 Å². The Morgan fingerprint density at radius 3 is 3.14 bits per heavy atom. The lowest BCUT2D eigenvalue weighted by atomic mass is 10.2. The Balaban J connectivity index is 2.36. The highest BCUT2D eigenvalue weighted by Gasteiger charge is 2.16. The summed E-state index contributed by atoms with van der Waals surface area (Å²) >= 11 is 0. The SMILES string of the molecule is Nc1ncnc2c1nc1n2CCCC1. The second kappa shape index (κ2) is 2.67. The van der Waals surface area contributed by atoms with Gasteiger partial charge >= 0.3 is 0 Å². The van der Waals surface area contributed by atoms with Gasteiger partial charge in [-0.05, 0) is 12.8 Å². The number of hydrogen-bond donors (Lipinski definition) is 1. The van der Waals surface area contributed by atoms with Crippen LogP contribution < -0.4 is 5.73 Å². The summed E-state index contributed by atoms with van der Waals surface area (Å²) in [6.45, 7) is 1.00. The van der Waals surface area contributed by atoms with E-state index in [1.807, 2.05) is 0 Å². The lowest BCUT2D eigenvalue weighted by Crippen LogP contribution is -2.10. The van der Waals surface area contributed by atoms with Crippen molar-refractivity contribution in [2.24, 2.45) is 0 Å². The average Bonchev–Trinajstić information content (AvgIpc) is 2.59. The molecule has 0 spiro atoms. The van der Waals surface area contributed by atoms with Gasteiger partial charge in [0.15, 0.2) is 17.0 Å². The molecule has 0 fully saturated rings. The molecule has 0 unspecified atom stereocenters. The highest BCUT2D eigenvalue weighted by Crippen LogP contribution is 2.22. The lowest BCUT2D eigenvalue weighted by Gasteiger charge is -2.12. The molecule has 1 aliphatic heterocycles. The van der Waals surface area contributed by atoms with Gasteiger partial charge in [-0.1, -0.05) is 0 Å². The van der Waals surface area contributed by atoms with E-state index in [9.17, 15) is 0 Å². The standard InChI is InChI=1S/C9H11N5/c10-8-7-9(12-5-11-8)14-4-2-1-3-6(14)13-7/h5H,1-4H2,(H2,10,11,12). The fourth-order valence-electron chi connectivity index (χ4n) is 1.98. The molecule has 0 atom stereocenters. The number of fused-ring (bicyclic) bond motifs is 3. The van der Waals surface area contributed by atoms with Crippen molar-refractivity contribution < 1.29 is 0 Å². The van der Waals surface area contributed by atoms with E-state index in [1.54, 1.807) is 0 Å². The molecule has 3 heterocycles. The van der Waals surface area contributed by atoms with Crippen LogP contribution in [0.4, 0.5) is 5.82 Å². The van der Waals surface area contributed by atoms with Crippen LogP contribution in [0.5, 0.6) is 0 Å². The third-order valence-corrected chi connectivity index (χ3v) is 2.67. The first-order chi connectivity index (χ1) is 6.86. The summed E-state index contributed by atoms with van der Waals surface area (Å²) in [5, 5.41) is 0. The molecule has 3 rings (SSSR count). The average molecular weight is 189 g/mol. The number of anilines is 1. The maximum absolute atomic E-state index is 5.74. The molecular weight excluding hydrogens is 178 g/mol. The van der Waals surface area contributed by atoms with Crippen LogP contribution in [-0.4, -0.2) is 19.5 Å². The van der Waals surface area contributed by atoms with E-state index in [0.717, 1.165) is 30.0 Å². The van der Waals surface area contributed by atoms with Crippen molar-refractivity contribution in [2.45, 2.75) is 25.8 Å². The van der Waals surface area contributed by atoms with E-state index >= 15 is 0 Å². The zero-order valence-electron chi connectivity index (χ0n) is 7.77. The number of aryl methyl sites for hydroxylation is 2. The number of nitrogens with two attached hydrogens (primary N) is 1. The molecule has 2 N–H and O–H groups in total. The van der Waals surface area contributed by atoms with Gasteiger partial charge in [-0.2, -0.15) is 0 Å². The fraction of sp³-hybridized carbons (Fsp3) is 0.444. The molecule has 0 saturated carbocycles. The van der Waals surface area contributed by atoms with Gasteiger partial charge in [-0.15, -0.1) is 0 Å². The van der Waals surface area contributed by atoms with Crippen LogP contribution in [0.15, 0.2) is 6.33 Å². The van der Waals surface area contributed by atoms with Gasteiger partial charge < -0.3 is 10.3 Å². The number of hydrogen-bond acceptors (Lipinski definition) is 4. The van der Waals surface area contributed by atoms with Crippen molar-refractivity contribution in [2.75, 3.05) is 5.73 Å². The van der Waals surface area contributed by atoms with E-state index in [4.69, 9.17) is 5.73 Å². The maximum atomic E-state index is 5.74. The Hall–Kier alpha value is -1.65. The Labute approximate surface area is 81.0 Å². The predicted octanol–water partition coefficient (Wildman–Crippen LogP) is 0.745. The van der Waals surface area contributed by atoms with Gasteiger partial charge in [0.2, 0.25) is 0 Å². The van der Waals surface area contributed by atoms with Crippen LogP contribution in [-0.2, 0) is 13.0 Å². The molecule has 0 radical (unpaired) electrons. The van der Waals surface area contributed by atoms with Crippen molar-refractivity contribution in [3.05, 3.63) is 12.2 Å². The summed E-state index contributed by atoms with van der Waals surface area (Å²) in [5.74, 6) is 1.58. The van der Waals surface area contributed by atoms with Gasteiger partial charge in [0.05, 0.1) is 0 Å². The minimum absolute atomic E-state index is 0.483. The van der Waals surface area contributed by atoms with Crippen LogP contribution >= 0.6 is 0 Å². The monoisotopic (exact) mass is 189 g/mol. The summed E-state index contributed by atoms with van der Waals surface area (Å²) in [7, 11) is 0. The van der Waals surface area contributed by atoms with Crippen molar-refractivity contribution in [3.8, 4) is 0 Å². The van der Waals surface area contributed by atoms with Gasteiger partial charge in [-0.25, -0.2) is 15.0 Å². The minimum Gasteiger partial charge on any atom is -0.382 e. The van der Waals surface area contributed by atoms with Gasteiger partial charge in [0.25, 0.3) is 0 Å². The number of rotatable bonds is 0. The van der Waals surface area contributed by atoms with Gasteiger partial charge in [0, 0.05) is 13.0 Å². The van der Waals surface area contributed by atoms with Crippen LogP contribution in [0.1, 0.15) is 18.7 Å². The second-order valence-corrected chi connectivity index (χ2v) is 3.57. The molecule has 5 heteroatoms. The van der Waals surface area contributed by atoms with Gasteiger partial charge in [-0.3, -0.25) is 0 Å². The van der Waals surface area contributed by atoms with E-state index < -0.39 is 0 Å². The van der Waals surface area contributed by atoms with Crippen LogP contribution in [0.25, 0.3) is 11.2 Å². The van der Waals surface area contributed by atoms with E-state index in [0.29, 0.717) is 5.82 Å². The maximum Gasteiger partial charge on any atom is 0.165 e. The molecule has 0 bridgehead atoms. The minimum atomic E-state index is 0.483. The Morgan fingerprint density at radius 2 is 2.21 bits per heavy atom. The summed E-state index contributed by atoms with van der Waals surface area (Å²) in [4.78, 5) is 12.6. The molecule has 72 valence electrons. The molecule has 0 aromatic carbocycles. The molecule has 14 heavy (non-hydrogen) atoms. The van der Waals surface area contributed by atoms with Gasteiger partial charge in [0.1, 0.15) is 12.2 Å². The molecule has 0 amide bonds. The first kappa shape index (κ1) is 7.73. The predicted molar refractivity (Wildman–Crippen MR) is 52.7 cm³/mol. The molecule has 2 aromatic heterocycles. The Kier molecular flexibility index (Phi) is 1.47. The zero-order valence-corrected chi connectivity index (χ0v) is 7.77. The molecule has 0 saturated heterocycles. The van der Waals surface area contributed by atoms with E-state index in [2.05, 4.69) is 19.5 Å². The van der Waals surface area contributed by atoms with Crippen LogP contribution in [0.2, 0.25) is 0 Å². The van der Waals surface area contributed by atoms with Crippen molar-refractivity contribution in [3.63, 3.8) is 0 Å². The second-order valence-electron chi connectivity index (χ2n) is 3.57. The first-order valence-electron chi connectivity index (χ1n) is 4.82. The van der Waals surface area contributed by atoms with Crippen LogP contribution in [0, 0.1) is 0 Å². The number of nitrogen functional groups attached to an aromatic ring is 1.